The van der Waals surface area contributed by atoms with Crippen molar-refractivity contribution in [2.45, 2.75) is 15.9 Å². The van der Waals surface area contributed by atoms with E-state index in [1.54, 1.807) is 42.7 Å². The Balaban J connectivity index is 1.32. The SMILES string of the molecule is O=S(=O)(c1ccc2oc(SCc3cc(-c4ccco4)on3)nc2c1)N1CCOCC1. The van der Waals surface area contributed by atoms with Crippen LogP contribution in [0.2, 0.25) is 0 Å². The van der Waals surface area contributed by atoms with Crippen LogP contribution in [0.1, 0.15) is 5.69 Å². The molecule has 156 valence electrons. The van der Waals surface area contributed by atoms with Crippen molar-refractivity contribution in [1.82, 2.24) is 14.4 Å². The highest BCUT2D eigenvalue weighted by Gasteiger charge is 2.27. The molecule has 11 heteroatoms. The topological polar surface area (TPSA) is 112 Å². The number of morpholine rings is 1. The Morgan fingerprint density at radius 1 is 1.10 bits per heavy atom. The summed E-state index contributed by atoms with van der Waals surface area (Å²) >= 11 is 1.34. The second-order valence-electron chi connectivity index (χ2n) is 6.57. The number of hydrogen-bond acceptors (Lipinski definition) is 9. The van der Waals surface area contributed by atoms with Gasteiger partial charge in [-0.2, -0.15) is 4.31 Å². The van der Waals surface area contributed by atoms with E-state index in [0.717, 1.165) is 0 Å². The Hall–Kier alpha value is -2.60. The average molecular weight is 447 g/mol. The maximum absolute atomic E-state index is 12.8. The van der Waals surface area contributed by atoms with E-state index in [1.807, 2.05) is 0 Å². The number of nitrogens with zero attached hydrogens (tertiary/aromatic N) is 3. The van der Waals surface area contributed by atoms with Crippen molar-refractivity contribution in [2.75, 3.05) is 26.3 Å². The van der Waals surface area contributed by atoms with Crippen molar-refractivity contribution in [3.63, 3.8) is 0 Å². The molecule has 1 aliphatic heterocycles. The molecule has 30 heavy (non-hydrogen) atoms. The van der Waals surface area contributed by atoms with Crippen molar-refractivity contribution in [1.29, 1.82) is 0 Å². The Labute approximate surface area is 176 Å². The van der Waals surface area contributed by atoms with Gasteiger partial charge in [0.1, 0.15) is 5.52 Å². The van der Waals surface area contributed by atoms with E-state index >= 15 is 0 Å². The molecule has 0 atom stereocenters. The van der Waals surface area contributed by atoms with Gasteiger partial charge < -0.3 is 18.1 Å². The smallest absolute Gasteiger partial charge is 0.257 e. The summed E-state index contributed by atoms with van der Waals surface area (Å²) in [5.41, 5.74) is 1.72. The Kier molecular flexibility index (Phi) is 5.11. The van der Waals surface area contributed by atoms with E-state index in [9.17, 15) is 8.42 Å². The molecule has 0 aliphatic carbocycles. The van der Waals surface area contributed by atoms with Gasteiger partial charge in [0.2, 0.25) is 15.8 Å². The third-order valence-corrected chi connectivity index (χ3v) is 7.37. The Bertz CT molecular complexity index is 1260. The third kappa shape index (κ3) is 3.76. The minimum absolute atomic E-state index is 0.196. The van der Waals surface area contributed by atoms with Crippen LogP contribution in [0.15, 0.2) is 66.1 Å². The van der Waals surface area contributed by atoms with E-state index < -0.39 is 10.0 Å². The summed E-state index contributed by atoms with van der Waals surface area (Å²) in [5, 5.41) is 4.44. The Morgan fingerprint density at radius 2 is 1.97 bits per heavy atom. The average Bonchev–Trinajstić information content (AvgIpc) is 3.52. The van der Waals surface area contributed by atoms with Crippen LogP contribution in [0, 0.1) is 0 Å². The molecular formula is C19H17N3O6S2. The normalized spacial score (nSPS) is 15.7. The van der Waals surface area contributed by atoms with Crippen LogP contribution in [0.3, 0.4) is 0 Å². The summed E-state index contributed by atoms with van der Waals surface area (Å²) in [4.78, 5) is 4.61. The molecule has 0 N–H and O–H groups in total. The quantitative estimate of drug-likeness (QED) is 0.411. The minimum atomic E-state index is -3.58. The summed E-state index contributed by atoms with van der Waals surface area (Å²) in [6, 6.07) is 10.1. The maximum Gasteiger partial charge on any atom is 0.257 e. The molecule has 4 aromatic rings. The summed E-state index contributed by atoms with van der Waals surface area (Å²) in [6.07, 6.45) is 1.57. The van der Waals surface area contributed by atoms with Crippen molar-refractivity contribution < 1.29 is 26.5 Å². The highest BCUT2D eigenvalue weighted by molar-refractivity contribution is 7.98. The fraction of sp³-hybridized carbons (Fsp3) is 0.263. The first-order valence-corrected chi connectivity index (χ1v) is 11.6. The molecule has 0 spiro atoms. The number of ether oxygens (including phenoxy) is 1. The van der Waals surface area contributed by atoms with Gasteiger partial charge in [-0.3, -0.25) is 0 Å². The number of thioether (sulfide) groups is 1. The number of sulfonamides is 1. The summed E-state index contributed by atoms with van der Waals surface area (Å²) < 4.78 is 48.6. The molecule has 0 saturated carbocycles. The number of hydrogen-bond donors (Lipinski definition) is 0. The lowest BCUT2D eigenvalue weighted by Crippen LogP contribution is -2.40. The zero-order valence-electron chi connectivity index (χ0n) is 15.7. The van der Waals surface area contributed by atoms with Crippen LogP contribution in [0.25, 0.3) is 22.6 Å². The first kappa shape index (κ1) is 19.4. The zero-order valence-corrected chi connectivity index (χ0v) is 17.3. The minimum Gasteiger partial charge on any atom is -0.461 e. The van der Waals surface area contributed by atoms with Gasteiger partial charge in [0, 0.05) is 24.9 Å². The number of oxazole rings is 1. The van der Waals surface area contributed by atoms with E-state index in [2.05, 4.69) is 10.1 Å². The zero-order chi connectivity index (χ0) is 20.6. The van der Waals surface area contributed by atoms with Crippen LogP contribution in [-0.4, -0.2) is 49.2 Å². The molecule has 0 amide bonds. The summed E-state index contributed by atoms with van der Waals surface area (Å²) in [5.74, 6) is 1.64. The molecule has 1 aromatic carbocycles. The largest absolute Gasteiger partial charge is 0.461 e. The Morgan fingerprint density at radius 3 is 2.77 bits per heavy atom. The van der Waals surface area contributed by atoms with Gasteiger partial charge in [-0.05, 0) is 30.3 Å². The predicted molar refractivity (Wildman–Crippen MR) is 107 cm³/mol. The van der Waals surface area contributed by atoms with Crippen LogP contribution < -0.4 is 0 Å². The molecule has 9 nitrogen and oxygen atoms in total. The molecule has 3 aromatic heterocycles. The van der Waals surface area contributed by atoms with E-state index in [0.29, 0.717) is 65.6 Å². The van der Waals surface area contributed by atoms with Crippen LogP contribution in [0.4, 0.5) is 0 Å². The van der Waals surface area contributed by atoms with Gasteiger partial charge in [-0.15, -0.1) is 0 Å². The molecule has 0 unspecified atom stereocenters. The molecule has 0 bridgehead atoms. The molecule has 1 saturated heterocycles. The van der Waals surface area contributed by atoms with Gasteiger partial charge >= 0.3 is 0 Å². The standard InChI is InChI=1S/C19H17N3O6S2/c23-30(24,22-5-8-25-9-6-22)14-3-4-16-15(11-14)20-19(27-16)29-12-13-10-18(28-21-13)17-2-1-7-26-17/h1-4,7,10-11H,5-6,8-9,12H2. The number of furan rings is 1. The first-order chi connectivity index (χ1) is 14.6. The van der Waals surface area contributed by atoms with Crippen molar-refractivity contribution in [3.8, 4) is 11.5 Å². The molecular weight excluding hydrogens is 430 g/mol. The molecule has 1 aliphatic rings. The van der Waals surface area contributed by atoms with E-state index in [-0.39, 0.29) is 4.90 Å². The lowest BCUT2D eigenvalue weighted by molar-refractivity contribution is 0.0730. The molecule has 1 fully saturated rings. The van der Waals surface area contributed by atoms with Crippen molar-refractivity contribution >= 4 is 32.9 Å². The second-order valence-corrected chi connectivity index (χ2v) is 9.44. The van der Waals surface area contributed by atoms with E-state index in [4.69, 9.17) is 18.1 Å². The van der Waals surface area contributed by atoms with Gasteiger partial charge in [0.05, 0.1) is 30.1 Å². The van der Waals surface area contributed by atoms with Crippen LogP contribution in [-0.2, 0) is 20.5 Å². The molecule has 4 heterocycles. The molecule has 0 radical (unpaired) electrons. The highest BCUT2D eigenvalue weighted by atomic mass is 32.2. The highest BCUT2D eigenvalue weighted by Crippen LogP contribution is 2.29. The number of benzene rings is 1. The van der Waals surface area contributed by atoms with Crippen LogP contribution in [0.5, 0.6) is 0 Å². The van der Waals surface area contributed by atoms with Gasteiger partial charge in [0.15, 0.2) is 11.3 Å². The number of fused-ring (bicyclic) bond motifs is 1. The fourth-order valence-corrected chi connectivity index (χ4v) is 5.24. The monoisotopic (exact) mass is 447 g/mol. The van der Waals surface area contributed by atoms with Crippen molar-refractivity contribution in [3.05, 3.63) is 48.4 Å². The van der Waals surface area contributed by atoms with Gasteiger partial charge in [-0.1, -0.05) is 16.9 Å². The first-order valence-electron chi connectivity index (χ1n) is 9.20. The van der Waals surface area contributed by atoms with Gasteiger partial charge in [0.25, 0.3) is 5.22 Å². The lowest BCUT2D eigenvalue weighted by atomic mass is 10.3. The fourth-order valence-electron chi connectivity index (χ4n) is 3.09. The number of aromatic nitrogens is 2. The third-order valence-electron chi connectivity index (χ3n) is 4.61. The van der Waals surface area contributed by atoms with Gasteiger partial charge in [-0.25, -0.2) is 13.4 Å². The predicted octanol–water partition coefficient (Wildman–Crippen LogP) is 3.39. The number of rotatable bonds is 6. The van der Waals surface area contributed by atoms with Crippen molar-refractivity contribution in [2.24, 2.45) is 0 Å². The summed E-state index contributed by atoms with van der Waals surface area (Å²) in [6.45, 7) is 1.49. The summed E-state index contributed by atoms with van der Waals surface area (Å²) in [7, 11) is -3.58. The van der Waals surface area contributed by atoms with Crippen LogP contribution >= 0.6 is 11.8 Å². The second kappa shape index (κ2) is 7.91. The maximum atomic E-state index is 12.8. The lowest BCUT2D eigenvalue weighted by Gasteiger charge is -2.25. The molecule has 5 rings (SSSR count). The van der Waals surface area contributed by atoms with E-state index in [1.165, 1.54) is 16.1 Å².